The van der Waals surface area contributed by atoms with Crippen molar-refractivity contribution in [3.8, 4) is 0 Å². The number of aliphatic carboxylic acids is 1. The van der Waals surface area contributed by atoms with E-state index in [9.17, 15) is 9.59 Å². The maximum atomic E-state index is 10.5. The Bertz CT molecular complexity index is 527. The first kappa shape index (κ1) is 44.8. The van der Waals surface area contributed by atoms with Crippen LogP contribution < -0.4 is 5.73 Å². The van der Waals surface area contributed by atoms with Gasteiger partial charge >= 0.3 is 33.3 Å². The third-order valence-corrected chi connectivity index (χ3v) is 7.34. The van der Waals surface area contributed by atoms with Crippen molar-refractivity contribution < 1.29 is 14.7 Å². The average molecular weight is 773 g/mol. The van der Waals surface area contributed by atoms with Crippen LogP contribution in [0, 0.1) is 0 Å². The van der Waals surface area contributed by atoms with Gasteiger partial charge in [-0.2, -0.15) is 0 Å². The van der Waals surface area contributed by atoms with Crippen molar-refractivity contribution in [3.05, 3.63) is 24.3 Å². The maximum absolute atomic E-state index is 10.5. The quantitative estimate of drug-likeness (QED) is 0.0433. The first-order chi connectivity index (χ1) is 19.5. The van der Waals surface area contributed by atoms with Gasteiger partial charge in [-0.15, -0.1) is 0 Å². The summed E-state index contributed by atoms with van der Waals surface area (Å²) in [6.07, 6.45) is 43.2. The number of carboxylic acids is 1. The van der Waals surface area contributed by atoms with Crippen LogP contribution in [0.15, 0.2) is 24.3 Å². The summed E-state index contributed by atoms with van der Waals surface area (Å²) >= 11 is 0. The minimum atomic E-state index is -0.664. The Balaban J connectivity index is -0.000000688. The summed E-state index contributed by atoms with van der Waals surface area (Å²) in [5, 5.41) is 8.51. The van der Waals surface area contributed by atoms with E-state index in [-0.39, 0.29) is 33.2 Å². The number of amides is 1. The zero-order valence-electron chi connectivity index (χ0n) is 27.7. The monoisotopic (exact) mass is 774 g/mol. The second-order valence-corrected chi connectivity index (χ2v) is 11.5. The van der Waals surface area contributed by atoms with Crippen LogP contribution in [0.1, 0.15) is 194 Å². The average Bonchev–Trinajstić information content (AvgIpc) is 2.93. The van der Waals surface area contributed by atoms with Gasteiger partial charge in [0.2, 0.25) is 5.91 Å². The fraction of sp³-hybridized carbons (Fsp3) is 0.833. The van der Waals surface area contributed by atoms with Crippen molar-refractivity contribution in [2.24, 2.45) is 5.73 Å². The van der Waals surface area contributed by atoms with E-state index < -0.39 is 5.97 Å². The Kier molecular flexibility index (Phi) is 45.3. The third kappa shape index (κ3) is 49.3. The summed E-state index contributed by atoms with van der Waals surface area (Å²) in [7, 11) is 0. The molecule has 0 saturated carbocycles. The molecule has 0 aromatic rings. The Morgan fingerprint density at radius 1 is 0.463 bits per heavy atom. The third-order valence-electron chi connectivity index (χ3n) is 7.34. The van der Waals surface area contributed by atoms with Crippen LogP contribution in [0.4, 0.5) is 0 Å². The zero-order valence-corrected chi connectivity index (χ0v) is 33.2. The van der Waals surface area contributed by atoms with Crippen molar-refractivity contribution in [2.45, 2.75) is 194 Å². The summed E-state index contributed by atoms with van der Waals surface area (Å²) < 4.78 is 0. The molecule has 0 spiro atoms. The number of nitrogens with two attached hydrogens (primary N) is 1. The van der Waals surface area contributed by atoms with Crippen LogP contribution in [0.25, 0.3) is 0 Å². The number of unbranched alkanes of at least 4 members (excludes halogenated alkanes) is 22. The number of carboxylic acid groups (broad SMARTS) is 1. The van der Waals surface area contributed by atoms with E-state index in [4.69, 9.17) is 10.8 Å². The number of hydrogen-bond donors (Lipinski definition) is 2. The van der Waals surface area contributed by atoms with Crippen LogP contribution >= 0.6 is 0 Å². The number of carbonyl (C=O) groups excluding carboxylic acids is 1. The number of rotatable bonds is 30. The van der Waals surface area contributed by atoms with Crippen molar-refractivity contribution in [1.29, 1.82) is 0 Å². The predicted octanol–water partition coefficient (Wildman–Crippen LogP) is 10.7. The van der Waals surface area contributed by atoms with E-state index >= 15 is 0 Å². The molecule has 0 aromatic heterocycles. The van der Waals surface area contributed by atoms with Crippen molar-refractivity contribution in [1.82, 2.24) is 0 Å². The van der Waals surface area contributed by atoms with Crippen LogP contribution in [-0.2, 0) is 9.59 Å². The summed E-state index contributed by atoms with van der Waals surface area (Å²) in [5.74, 6) is -0.828. The van der Waals surface area contributed by atoms with Crippen molar-refractivity contribution in [2.75, 3.05) is 0 Å². The minimum absolute atomic E-state index is 0. The van der Waals surface area contributed by atoms with E-state index in [0.29, 0.717) is 12.8 Å². The molecule has 0 saturated heterocycles. The SMILES string of the molecule is CCCCCCCC/C=C\CCCCCCCC(=O)O.CCCCCCCC/C=C\CCCCCCCC(N)=O.[PbH2]. The van der Waals surface area contributed by atoms with Crippen molar-refractivity contribution in [3.63, 3.8) is 0 Å². The molecule has 0 unspecified atom stereocenters. The number of carbonyl (C=O) groups is 2. The molecular weight excluding hydrogens is 702 g/mol. The number of allylic oxidation sites excluding steroid dienone is 4. The molecule has 0 atom stereocenters. The Morgan fingerprint density at radius 2 is 0.732 bits per heavy atom. The normalized spacial score (nSPS) is 11.0. The van der Waals surface area contributed by atoms with Gasteiger partial charge < -0.3 is 10.8 Å². The van der Waals surface area contributed by atoms with Gasteiger partial charge in [-0.05, 0) is 64.2 Å². The molecule has 0 heterocycles. The first-order valence-electron chi connectivity index (χ1n) is 17.3. The molecular formula is C36H71NO3Pb. The molecule has 41 heavy (non-hydrogen) atoms. The summed E-state index contributed by atoms with van der Waals surface area (Å²) in [6.45, 7) is 4.52. The van der Waals surface area contributed by atoms with E-state index in [1.807, 2.05) is 0 Å². The van der Waals surface area contributed by atoms with Gasteiger partial charge in [-0.3, -0.25) is 9.59 Å². The van der Waals surface area contributed by atoms with Gasteiger partial charge in [0.25, 0.3) is 0 Å². The summed E-state index contributed by atoms with van der Waals surface area (Å²) in [4.78, 5) is 20.9. The van der Waals surface area contributed by atoms with E-state index in [1.54, 1.807) is 0 Å². The molecule has 0 aromatic carbocycles. The topological polar surface area (TPSA) is 80.4 Å². The van der Waals surface area contributed by atoms with Crippen molar-refractivity contribution >= 4 is 39.2 Å². The van der Waals surface area contributed by atoms with Crippen LogP contribution in [-0.4, -0.2) is 44.3 Å². The summed E-state index contributed by atoms with van der Waals surface area (Å²) in [6, 6.07) is 0. The standard InChI is InChI=1S/C18H35NO.C18H34O2.Pb.2H/c2*1-2-3-4-5-6-7-8-9-10-11-12-13-14-15-16-17-18(19)20;;;/h9-10H,2-8,11-17H2,1H3,(H2,19,20);9-10H,2-8,11-17H2,1H3,(H,19,20);;;/b2*10-9-;;;. The van der Waals surface area contributed by atoms with E-state index in [0.717, 1.165) is 25.7 Å². The fourth-order valence-electron chi connectivity index (χ4n) is 4.72. The van der Waals surface area contributed by atoms with Gasteiger partial charge in [0.1, 0.15) is 0 Å². The number of hydrogen-bond acceptors (Lipinski definition) is 2. The molecule has 242 valence electrons. The second-order valence-electron chi connectivity index (χ2n) is 11.5. The molecule has 0 aliphatic rings. The van der Waals surface area contributed by atoms with Gasteiger partial charge in [0.15, 0.2) is 0 Å². The van der Waals surface area contributed by atoms with E-state index in [1.165, 1.54) is 141 Å². The van der Waals surface area contributed by atoms with Crippen LogP contribution in [0.3, 0.4) is 0 Å². The van der Waals surface area contributed by atoms with Gasteiger partial charge in [-0.1, -0.05) is 141 Å². The van der Waals surface area contributed by atoms with Gasteiger partial charge in [0, 0.05) is 12.8 Å². The first-order valence-corrected chi connectivity index (χ1v) is 17.3. The van der Waals surface area contributed by atoms with Gasteiger partial charge in [-0.25, -0.2) is 0 Å². The molecule has 3 N–H and O–H groups in total. The Morgan fingerprint density at radius 3 is 1.02 bits per heavy atom. The molecule has 2 radical (unpaired) electrons. The fourth-order valence-corrected chi connectivity index (χ4v) is 4.72. The molecule has 0 rings (SSSR count). The predicted molar refractivity (Wildman–Crippen MR) is 184 cm³/mol. The van der Waals surface area contributed by atoms with Crippen LogP contribution in [0.5, 0.6) is 0 Å². The number of primary amides is 1. The van der Waals surface area contributed by atoms with E-state index in [2.05, 4.69) is 38.2 Å². The van der Waals surface area contributed by atoms with Crippen LogP contribution in [0.2, 0.25) is 0 Å². The summed E-state index contributed by atoms with van der Waals surface area (Å²) in [5.41, 5.74) is 5.10. The Hall–Kier alpha value is -0.658. The molecule has 4 nitrogen and oxygen atoms in total. The zero-order chi connectivity index (χ0) is 29.8. The molecule has 1 amide bonds. The second kappa shape index (κ2) is 41.5. The molecule has 0 aliphatic heterocycles. The van der Waals surface area contributed by atoms with Gasteiger partial charge in [0.05, 0.1) is 0 Å². The molecule has 0 fully saturated rings. The molecule has 0 bridgehead atoms. The molecule has 5 heteroatoms. The molecule has 0 aliphatic carbocycles. The Labute approximate surface area is 276 Å².